The highest BCUT2D eigenvalue weighted by Crippen LogP contribution is 2.44. The molecule has 4 fully saturated rings. The van der Waals surface area contributed by atoms with E-state index in [-0.39, 0.29) is 17.1 Å². The van der Waals surface area contributed by atoms with Crippen molar-refractivity contribution in [3.63, 3.8) is 0 Å². The van der Waals surface area contributed by atoms with Gasteiger partial charge in [0.05, 0.1) is 15.9 Å². The Kier molecular flexibility index (Phi) is 6.13. The lowest BCUT2D eigenvalue weighted by molar-refractivity contribution is 0.111. The van der Waals surface area contributed by atoms with Crippen LogP contribution in [0, 0.1) is 5.82 Å². The molecule has 41 heavy (non-hydrogen) atoms. The Balaban J connectivity index is 1.28. The molecule has 8 rings (SSSR count). The molecule has 214 valence electrons. The van der Waals surface area contributed by atoms with Crippen molar-refractivity contribution in [2.24, 2.45) is 0 Å². The number of nitrogens with one attached hydrogen (secondary N) is 1. The van der Waals surface area contributed by atoms with Gasteiger partial charge >= 0.3 is 0 Å². The Bertz CT molecular complexity index is 1630. The second kappa shape index (κ2) is 9.78. The van der Waals surface area contributed by atoms with Gasteiger partial charge in [-0.05, 0) is 104 Å². The van der Waals surface area contributed by atoms with Gasteiger partial charge in [-0.1, -0.05) is 13.0 Å². The first-order valence-corrected chi connectivity index (χ1v) is 15.9. The summed E-state index contributed by atoms with van der Waals surface area (Å²) in [5.41, 5.74) is 2.27. The van der Waals surface area contributed by atoms with Crippen molar-refractivity contribution in [1.29, 1.82) is 0 Å². The number of phenolic OH excluding ortho intramolecular Hbond substituents is 1. The molecule has 0 spiro atoms. The summed E-state index contributed by atoms with van der Waals surface area (Å²) in [6, 6.07) is 9.64. The normalized spacial score (nSPS) is 23.6. The Labute approximate surface area is 243 Å². The minimum absolute atomic E-state index is 0.121. The van der Waals surface area contributed by atoms with Gasteiger partial charge in [0.25, 0.3) is 0 Å². The van der Waals surface area contributed by atoms with Crippen LogP contribution in [0.3, 0.4) is 0 Å². The number of ether oxygens (including phenoxy) is 1. The number of hydrogen-bond donors (Lipinski definition) is 2. The zero-order chi connectivity index (χ0) is 27.7. The van der Waals surface area contributed by atoms with Gasteiger partial charge in [0, 0.05) is 42.2 Å². The minimum Gasteiger partial charge on any atom is -0.508 e. The predicted molar refractivity (Wildman–Crippen MR) is 162 cm³/mol. The van der Waals surface area contributed by atoms with Crippen LogP contribution in [0.1, 0.15) is 51.0 Å². The van der Waals surface area contributed by atoms with Crippen LogP contribution >= 0.6 is 11.5 Å². The average Bonchev–Trinajstić information content (AvgIpc) is 3.74. The maximum atomic E-state index is 15.0. The molecule has 6 heterocycles. The summed E-state index contributed by atoms with van der Waals surface area (Å²) in [6.07, 6.45) is 7.73. The first-order valence-electron chi connectivity index (χ1n) is 15.1. The Morgan fingerprint density at radius 1 is 1.12 bits per heavy atom. The van der Waals surface area contributed by atoms with Crippen molar-refractivity contribution >= 4 is 38.2 Å². The third-order valence-corrected chi connectivity index (χ3v) is 10.9. The van der Waals surface area contributed by atoms with Crippen molar-refractivity contribution in [2.45, 2.75) is 69.5 Å². The Hall–Kier alpha value is -3.01. The smallest absolute Gasteiger partial charge is 0.216 e. The summed E-state index contributed by atoms with van der Waals surface area (Å²) >= 11 is 1.44. The molecule has 2 aromatic heterocycles. The molecule has 0 amide bonds. The molecule has 7 nitrogen and oxygen atoms in total. The molecule has 4 saturated heterocycles. The lowest BCUT2D eigenvalue weighted by Crippen LogP contribution is -2.51. The quantitative estimate of drug-likeness (QED) is 0.299. The number of phenols is 1. The fraction of sp³-hybridized carbons (Fsp3) is 0.500. The van der Waals surface area contributed by atoms with Gasteiger partial charge in [-0.2, -0.15) is 9.36 Å². The second-order valence-corrected chi connectivity index (χ2v) is 13.2. The summed E-state index contributed by atoms with van der Waals surface area (Å²) < 4.78 is 27.6. The molecule has 9 heteroatoms. The molecule has 2 N–H and O–H groups in total. The molecule has 2 atom stereocenters. The number of aromatic hydroxyl groups is 1. The fourth-order valence-corrected chi connectivity index (χ4v) is 8.95. The summed E-state index contributed by atoms with van der Waals surface area (Å²) in [6.45, 7) is 6.74. The van der Waals surface area contributed by atoms with Crippen LogP contribution in [-0.4, -0.2) is 69.8 Å². The third-order valence-electron chi connectivity index (χ3n) is 9.99. The monoisotopic (exact) mass is 573 g/mol. The van der Waals surface area contributed by atoms with Crippen LogP contribution in [0.5, 0.6) is 11.6 Å². The van der Waals surface area contributed by atoms with E-state index in [0.717, 1.165) is 64.1 Å². The molecular formula is C32H36FN5O2S. The number of anilines is 1. The molecule has 2 unspecified atom stereocenters. The van der Waals surface area contributed by atoms with Crippen molar-refractivity contribution in [3.05, 3.63) is 41.7 Å². The van der Waals surface area contributed by atoms with Gasteiger partial charge in [0.2, 0.25) is 5.88 Å². The first-order chi connectivity index (χ1) is 20.0. The minimum atomic E-state index is -0.230. The van der Waals surface area contributed by atoms with Crippen LogP contribution < -0.4 is 15.0 Å². The molecular weight excluding hydrogens is 537 g/mol. The highest BCUT2D eigenvalue weighted by atomic mass is 32.1. The number of aryl methyl sites for hydroxylation is 1. The van der Waals surface area contributed by atoms with Gasteiger partial charge in [0.1, 0.15) is 18.2 Å². The number of aromatic nitrogens is 2. The molecule has 4 aromatic rings. The van der Waals surface area contributed by atoms with Gasteiger partial charge in [-0.25, -0.2) is 4.39 Å². The molecule has 0 aliphatic carbocycles. The molecule has 4 aliphatic rings. The lowest BCUT2D eigenvalue weighted by Gasteiger charge is -2.34. The highest BCUT2D eigenvalue weighted by Gasteiger charge is 2.45. The number of fused-ring (bicyclic) bond motifs is 5. The summed E-state index contributed by atoms with van der Waals surface area (Å²) in [4.78, 5) is 10.2. The third kappa shape index (κ3) is 4.19. The molecule has 4 aliphatic heterocycles. The van der Waals surface area contributed by atoms with Gasteiger partial charge in [-0.3, -0.25) is 4.90 Å². The topological polar surface area (TPSA) is 73.8 Å². The fourth-order valence-electron chi connectivity index (χ4n) is 8.06. The zero-order valence-electron chi connectivity index (χ0n) is 23.5. The van der Waals surface area contributed by atoms with Crippen molar-refractivity contribution in [2.75, 3.05) is 37.7 Å². The lowest BCUT2D eigenvalue weighted by atomic mass is 9.94. The van der Waals surface area contributed by atoms with E-state index in [1.807, 2.05) is 13.0 Å². The van der Waals surface area contributed by atoms with Crippen molar-refractivity contribution in [1.82, 2.24) is 19.6 Å². The van der Waals surface area contributed by atoms with Crippen LogP contribution in [0.2, 0.25) is 0 Å². The summed E-state index contributed by atoms with van der Waals surface area (Å²) in [5.74, 6) is 1.47. The summed E-state index contributed by atoms with van der Waals surface area (Å²) in [7, 11) is 0. The van der Waals surface area contributed by atoms with E-state index in [9.17, 15) is 5.11 Å². The number of benzene rings is 2. The van der Waals surface area contributed by atoms with Crippen molar-refractivity contribution < 1.29 is 14.2 Å². The maximum absolute atomic E-state index is 15.0. The van der Waals surface area contributed by atoms with Crippen LogP contribution in [0.4, 0.5) is 10.2 Å². The number of hydrogen-bond acceptors (Lipinski definition) is 8. The average molecular weight is 574 g/mol. The zero-order valence-corrected chi connectivity index (χ0v) is 24.3. The largest absolute Gasteiger partial charge is 0.508 e. The number of halogens is 1. The van der Waals surface area contributed by atoms with Gasteiger partial charge in [0.15, 0.2) is 5.82 Å². The Morgan fingerprint density at radius 3 is 2.66 bits per heavy atom. The Morgan fingerprint density at radius 2 is 1.90 bits per heavy atom. The van der Waals surface area contributed by atoms with Gasteiger partial charge < -0.3 is 20.1 Å². The van der Waals surface area contributed by atoms with Crippen LogP contribution in [-0.2, 0) is 6.42 Å². The first kappa shape index (κ1) is 25.7. The maximum Gasteiger partial charge on any atom is 0.216 e. The van der Waals surface area contributed by atoms with E-state index in [2.05, 4.69) is 15.1 Å². The van der Waals surface area contributed by atoms with Crippen LogP contribution in [0.25, 0.3) is 32.1 Å². The van der Waals surface area contributed by atoms with Crippen molar-refractivity contribution in [3.8, 4) is 22.9 Å². The van der Waals surface area contributed by atoms with E-state index in [4.69, 9.17) is 14.1 Å². The van der Waals surface area contributed by atoms with E-state index in [1.54, 1.807) is 18.2 Å². The van der Waals surface area contributed by atoms with E-state index >= 15 is 4.39 Å². The molecule has 2 aromatic carbocycles. The molecule has 0 radical (unpaired) electrons. The molecule has 0 saturated carbocycles. The van der Waals surface area contributed by atoms with Crippen LogP contribution in [0.15, 0.2) is 30.3 Å². The highest BCUT2D eigenvalue weighted by molar-refractivity contribution is 7.14. The van der Waals surface area contributed by atoms with E-state index < -0.39 is 0 Å². The number of nitrogens with zero attached hydrogens (tertiary/aromatic N) is 4. The molecule has 2 bridgehead atoms. The van der Waals surface area contributed by atoms with E-state index in [1.165, 1.54) is 56.1 Å². The number of pyridine rings is 1. The second-order valence-electron chi connectivity index (χ2n) is 12.4. The SMILES string of the molecule is CCc1c(F)ccc2cc(O)cc(-c3nsc4c(N5CC6CCC(C5)N6)nc(OCC56CCCN5CCC6)cc34)c12. The summed E-state index contributed by atoms with van der Waals surface area (Å²) in [5, 5.41) is 17.0. The number of rotatable bonds is 6. The number of piperazine rings is 1. The van der Waals surface area contributed by atoms with Gasteiger partial charge in [-0.15, -0.1) is 0 Å². The standard InChI is InChI=1S/C32H36FN5O2S/c1-2-23-26(33)8-5-19-13-22(39)14-24(28(19)23)29-25-15-27(40-18-32-9-3-11-38(32)12-4-10-32)35-31(30(25)41-36-29)37-16-20-6-7-21(17-37)34-20/h5,8,13-15,20-21,34,39H,2-4,6-7,9-12,16-18H2,1H3. The predicted octanol–water partition coefficient (Wildman–Crippen LogP) is 5.87. The van der Waals surface area contributed by atoms with E-state index in [0.29, 0.717) is 36.6 Å².